The summed E-state index contributed by atoms with van der Waals surface area (Å²) >= 11 is 0. The first-order chi connectivity index (χ1) is 13.6. The Morgan fingerprint density at radius 2 is 1.86 bits per heavy atom. The van der Waals surface area contributed by atoms with Gasteiger partial charge in [0, 0.05) is 35.3 Å². The summed E-state index contributed by atoms with van der Waals surface area (Å²) in [4.78, 5) is 17.3. The second kappa shape index (κ2) is 7.44. The molecule has 0 amide bonds. The van der Waals surface area contributed by atoms with Crippen LogP contribution < -0.4 is 11.3 Å². The van der Waals surface area contributed by atoms with E-state index in [2.05, 4.69) is 31.0 Å². The molecule has 142 valence electrons. The molecule has 0 bridgehead atoms. The van der Waals surface area contributed by atoms with E-state index in [-0.39, 0.29) is 12.1 Å². The fourth-order valence-corrected chi connectivity index (χ4v) is 3.71. The molecule has 4 rings (SSSR count). The first-order valence-corrected chi connectivity index (χ1v) is 9.44. The van der Waals surface area contributed by atoms with Crippen LogP contribution in [0.15, 0.2) is 70.3 Å². The number of nitrogens with two attached hydrogens (primary N) is 1. The summed E-state index contributed by atoms with van der Waals surface area (Å²) in [7, 11) is 0. The highest BCUT2D eigenvalue weighted by atomic mass is 16.3. The Kier molecular flexibility index (Phi) is 4.84. The summed E-state index contributed by atoms with van der Waals surface area (Å²) in [5.41, 5.74) is 9.94. The largest absolute Gasteiger partial charge is 0.444 e. The minimum Gasteiger partial charge on any atom is -0.444 e. The number of hydrogen-bond donors (Lipinski definition) is 1. The van der Waals surface area contributed by atoms with Gasteiger partial charge in [-0.1, -0.05) is 50.2 Å². The van der Waals surface area contributed by atoms with Gasteiger partial charge in [0.15, 0.2) is 12.2 Å². The molecule has 28 heavy (non-hydrogen) atoms. The van der Waals surface area contributed by atoms with Gasteiger partial charge in [-0.3, -0.25) is 4.79 Å². The van der Waals surface area contributed by atoms with Crippen LogP contribution in [0, 0.1) is 5.92 Å². The predicted molar refractivity (Wildman–Crippen MR) is 112 cm³/mol. The lowest BCUT2D eigenvalue weighted by atomic mass is 9.94. The highest BCUT2D eigenvalue weighted by molar-refractivity contribution is 5.99. The van der Waals surface area contributed by atoms with Crippen LogP contribution in [0.2, 0.25) is 0 Å². The van der Waals surface area contributed by atoms with Crippen LogP contribution >= 0.6 is 0 Å². The van der Waals surface area contributed by atoms with Crippen molar-refractivity contribution in [2.75, 3.05) is 0 Å². The maximum Gasteiger partial charge on any atom is 0.258 e. The zero-order valence-corrected chi connectivity index (χ0v) is 16.1. The van der Waals surface area contributed by atoms with Gasteiger partial charge in [-0.15, -0.1) is 0 Å². The molecule has 0 aliphatic heterocycles. The first-order valence-electron chi connectivity index (χ1n) is 9.44. The number of rotatable bonds is 5. The molecule has 0 aliphatic carbocycles. The van der Waals surface area contributed by atoms with Gasteiger partial charge in [0.2, 0.25) is 0 Å². The van der Waals surface area contributed by atoms with E-state index in [0.29, 0.717) is 23.6 Å². The summed E-state index contributed by atoms with van der Waals surface area (Å²) < 4.78 is 7.29. The van der Waals surface area contributed by atoms with Crippen molar-refractivity contribution in [3.8, 4) is 22.5 Å². The Morgan fingerprint density at radius 1 is 1.07 bits per heavy atom. The van der Waals surface area contributed by atoms with Crippen molar-refractivity contribution in [1.29, 1.82) is 0 Å². The number of nitrogens with zero attached hydrogens (tertiary/aromatic N) is 2. The molecular formula is C23H23N3O2. The van der Waals surface area contributed by atoms with Gasteiger partial charge >= 0.3 is 0 Å². The number of fused-ring (bicyclic) bond motifs is 1. The predicted octanol–water partition coefficient (Wildman–Crippen LogP) is 4.44. The normalized spacial score (nSPS) is 11.4. The molecule has 4 aromatic rings. The van der Waals surface area contributed by atoms with Crippen LogP contribution in [0.3, 0.4) is 0 Å². The van der Waals surface area contributed by atoms with Gasteiger partial charge < -0.3 is 14.7 Å². The molecule has 5 nitrogen and oxygen atoms in total. The van der Waals surface area contributed by atoms with E-state index in [1.807, 2.05) is 41.0 Å². The van der Waals surface area contributed by atoms with Crippen molar-refractivity contribution >= 4 is 10.8 Å². The number of pyridine rings is 1. The van der Waals surface area contributed by atoms with E-state index in [0.717, 1.165) is 27.8 Å². The fraction of sp³-hybridized carbons (Fsp3) is 0.217. The van der Waals surface area contributed by atoms with E-state index >= 15 is 0 Å². The second-order valence-electron chi connectivity index (χ2n) is 7.33. The third-order valence-corrected chi connectivity index (χ3v) is 4.90. The lowest BCUT2D eigenvalue weighted by Gasteiger charge is -2.21. The lowest BCUT2D eigenvalue weighted by Crippen LogP contribution is -2.28. The molecule has 2 aromatic carbocycles. The van der Waals surface area contributed by atoms with Gasteiger partial charge in [0.1, 0.15) is 0 Å². The highest BCUT2D eigenvalue weighted by Crippen LogP contribution is 2.33. The second-order valence-corrected chi connectivity index (χ2v) is 7.33. The lowest BCUT2D eigenvalue weighted by molar-refractivity contribution is 0.499. The fourth-order valence-electron chi connectivity index (χ4n) is 3.71. The first kappa shape index (κ1) is 18.2. The zero-order chi connectivity index (χ0) is 19.7. The van der Waals surface area contributed by atoms with E-state index in [1.54, 1.807) is 6.20 Å². The Morgan fingerprint density at radius 3 is 2.50 bits per heavy atom. The minimum atomic E-state index is -0.00653. The van der Waals surface area contributed by atoms with Crippen LogP contribution in [0.4, 0.5) is 0 Å². The quantitative estimate of drug-likeness (QED) is 0.561. The van der Waals surface area contributed by atoms with Crippen molar-refractivity contribution in [1.82, 2.24) is 9.55 Å². The number of oxazole rings is 1. The topological polar surface area (TPSA) is 74.1 Å². The summed E-state index contributed by atoms with van der Waals surface area (Å²) in [5, 5.41) is 1.56. The maximum absolute atomic E-state index is 13.3. The molecule has 0 radical (unpaired) electrons. The van der Waals surface area contributed by atoms with Crippen molar-refractivity contribution < 1.29 is 4.42 Å². The van der Waals surface area contributed by atoms with E-state index in [9.17, 15) is 4.79 Å². The summed E-state index contributed by atoms with van der Waals surface area (Å²) in [6.07, 6.45) is 3.08. The Labute approximate surface area is 163 Å². The average Bonchev–Trinajstić information content (AvgIpc) is 3.24. The Bertz CT molecular complexity index is 1160. The molecule has 0 unspecified atom stereocenters. The Balaban J connectivity index is 2.11. The molecule has 2 heterocycles. The van der Waals surface area contributed by atoms with Gasteiger partial charge in [-0.2, -0.15) is 0 Å². The molecule has 2 aromatic heterocycles. The molecule has 0 atom stereocenters. The summed E-state index contributed by atoms with van der Waals surface area (Å²) in [6.45, 7) is 5.12. The van der Waals surface area contributed by atoms with Crippen molar-refractivity contribution in [3.63, 3.8) is 0 Å². The van der Waals surface area contributed by atoms with Crippen LogP contribution in [0.5, 0.6) is 0 Å². The summed E-state index contributed by atoms with van der Waals surface area (Å²) in [6, 6.07) is 15.9. The smallest absolute Gasteiger partial charge is 0.258 e. The van der Waals surface area contributed by atoms with Crippen LogP contribution in [-0.4, -0.2) is 9.55 Å². The third kappa shape index (κ3) is 3.14. The van der Waals surface area contributed by atoms with Crippen molar-refractivity contribution in [2.45, 2.75) is 26.9 Å². The number of benzene rings is 2. The molecule has 0 saturated carbocycles. The number of aromatic nitrogens is 2. The highest BCUT2D eigenvalue weighted by Gasteiger charge is 2.19. The zero-order valence-electron chi connectivity index (χ0n) is 16.1. The number of hydrogen-bond acceptors (Lipinski definition) is 4. The Hall–Kier alpha value is -3.18. The van der Waals surface area contributed by atoms with Gasteiger partial charge in [0.05, 0.1) is 6.20 Å². The van der Waals surface area contributed by atoms with E-state index in [1.165, 1.54) is 6.39 Å². The molecule has 0 spiro atoms. The molecule has 5 heteroatoms. The van der Waals surface area contributed by atoms with Crippen molar-refractivity contribution in [3.05, 3.63) is 77.2 Å². The van der Waals surface area contributed by atoms with E-state index < -0.39 is 0 Å². The molecule has 2 N–H and O–H groups in total. The van der Waals surface area contributed by atoms with Crippen LogP contribution in [0.1, 0.15) is 19.5 Å². The molecular weight excluding hydrogens is 350 g/mol. The molecule has 0 saturated heterocycles. The van der Waals surface area contributed by atoms with Crippen LogP contribution in [-0.2, 0) is 13.1 Å². The summed E-state index contributed by atoms with van der Waals surface area (Å²) in [5.74, 6) is 0.999. The monoisotopic (exact) mass is 373 g/mol. The van der Waals surface area contributed by atoms with Crippen LogP contribution in [0.25, 0.3) is 33.2 Å². The van der Waals surface area contributed by atoms with E-state index in [4.69, 9.17) is 10.2 Å². The van der Waals surface area contributed by atoms with Crippen molar-refractivity contribution in [2.24, 2.45) is 11.7 Å². The molecule has 0 fully saturated rings. The SMILES string of the molecule is CC(C)Cn1c(CN)c(-c2ccccc2)c2cc(-c3cnco3)ccc2c1=O. The van der Waals surface area contributed by atoms with Gasteiger partial charge in [-0.05, 0) is 29.0 Å². The molecule has 0 aliphatic rings. The average molecular weight is 373 g/mol. The third-order valence-electron chi connectivity index (χ3n) is 4.90. The standard InChI is InChI=1S/C23H23N3O2/c1-15(2)13-26-20(11-24)22(16-6-4-3-5-7-16)19-10-17(21-12-25-14-28-21)8-9-18(19)23(26)27/h3-10,12,14-15H,11,13,24H2,1-2H3. The van der Waals surface area contributed by atoms with Gasteiger partial charge in [0.25, 0.3) is 5.56 Å². The maximum atomic E-state index is 13.3. The van der Waals surface area contributed by atoms with Gasteiger partial charge in [-0.25, -0.2) is 4.98 Å². The minimum absolute atomic E-state index is 0.00653.